The van der Waals surface area contributed by atoms with Crippen molar-refractivity contribution in [3.05, 3.63) is 131 Å². The highest BCUT2D eigenvalue weighted by atomic mass is 32.2. The summed E-state index contributed by atoms with van der Waals surface area (Å²) in [5.74, 6) is -3.68. The lowest BCUT2D eigenvalue weighted by molar-refractivity contribution is -0.121. The molecule has 0 radical (unpaired) electrons. The first-order valence-corrected chi connectivity index (χ1v) is 14.2. The van der Waals surface area contributed by atoms with E-state index in [1.165, 1.54) is 48.5 Å². The number of carboxylic acids is 1. The van der Waals surface area contributed by atoms with E-state index in [2.05, 4.69) is 10.6 Å². The molecular formula is C33H24FN3O6S. The summed E-state index contributed by atoms with van der Waals surface area (Å²) < 4.78 is 13.8. The van der Waals surface area contributed by atoms with Crippen molar-refractivity contribution in [1.82, 2.24) is 5.32 Å². The fraction of sp³-hybridized carbons (Fsp3) is 0.0606. The first-order chi connectivity index (χ1) is 21.2. The van der Waals surface area contributed by atoms with Crippen LogP contribution in [0.2, 0.25) is 0 Å². The van der Waals surface area contributed by atoms with Crippen molar-refractivity contribution in [2.24, 2.45) is 0 Å². The zero-order chi connectivity index (χ0) is 31.2. The number of carbonyl (C=O) groups is 5. The predicted octanol–water partition coefficient (Wildman–Crippen LogP) is 5.36. The molecule has 11 heteroatoms. The van der Waals surface area contributed by atoms with Crippen molar-refractivity contribution in [2.45, 2.75) is 16.6 Å². The topological polar surface area (TPSA) is 133 Å². The van der Waals surface area contributed by atoms with Crippen LogP contribution in [0, 0.1) is 5.82 Å². The maximum atomic E-state index is 13.8. The van der Waals surface area contributed by atoms with Gasteiger partial charge in [-0.1, -0.05) is 36.4 Å². The van der Waals surface area contributed by atoms with Crippen molar-refractivity contribution in [2.75, 3.05) is 10.2 Å². The molecule has 0 aromatic heterocycles. The molecule has 0 bridgehead atoms. The molecule has 1 fully saturated rings. The first kappa shape index (κ1) is 29.9. The maximum absolute atomic E-state index is 13.8. The standard InChI is InChI=1S/C33H24FN3O6S/c34-23-9-4-6-20(16-23)17-27(36-30(39)21-7-2-1-3-8-21)31(40)35-24-10-5-11-26(18-24)44-28-19-29(38)37(32(28)41)25-14-12-22(13-15-25)33(42)43/h1-18,28H,19H2,(H,35,40)(H,36,39)(H,42,43)/b27-17-. The van der Waals surface area contributed by atoms with E-state index >= 15 is 0 Å². The molecular weight excluding hydrogens is 585 g/mol. The number of hydrogen-bond donors (Lipinski definition) is 3. The summed E-state index contributed by atoms with van der Waals surface area (Å²) in [5, 5.41) is 13.7. The normalized spacial score (nSPS) is 14.8. The zero-order valence-corrected chi connectivity index (χ0v) is 23.7. The molecule has 1 atom stereocenters. The van der Waals surface area contributed by atoms with Gasteiger partial charge in [0.1, 0.15) is 11.5 Å². The van der Waals surface area contributed by atoms with Crippen LogP contribution < -0.4 is 15.5 Å². The van der Waals surface area contributed by atoms with Crippen LogP contribution in [0.1, 0.15) is 32.7 Å². The van der Waals surface area contributed by atoms with Gasteiger partial charge in [0.05, 0.1) is 16.5 Å². The molecule has 9 nitrogen and oxygen atoms in total. The molecule has 5 rings (SSSR count). The SMILES string of the molecule is O=C(Nc1cccc(SC2CC(=O)N(c3ccc(C(=O)O)cc3)C2=O)c1)/C(=C/c1cccc(F)c1)NC(=O)c1ccccc1. The minimum Gasteiger partial charge on any atom is -0.478 e. The number of anilines is 2. The zero-order valence-electron chi connectivity index (χ0n) is 22.9. The number of carbonyl (C=O) groups excluding carboxylic acids is 4. The summed E-state index contributed by atoms with van der Waals surface area (Å²) in [5.41, 5.74) is 1.24. The third-order valence-electron chi connectivity index (χ3n) is 6.54. The fourth-order valence-electron chi connectivity index (χ4n) is 4.44. The predicted molar refractivity (Wildman–Crippen MR) is 164 cm³/mol. The van der Waals surface area contributed by atoms with Gasteiger partial charge in [0.25, 0.3) is 11.8 Å². The van der Waals surface area contributed by atoms with Gasteiger partial charge in [-0.3, -0.25) is 19.2 Å². The van der Waals surface area contributed by atoms with E-state index in [0.29, 0.717) is 21.7 Å². The molecule has 0 aliphatic carbocycles. The minimum atomic E-state index is -1.12. The minimum absolute atomic E-state index is 0.0335. The van der Waals surface area contributed by atoms with Crippen LogP contribution in [0.5, 0.6) is 0 Å². The average Bonchev–Trinajstić information content (AvgIpc) is 3.29. The fourth-order valence-corrected chi connectivity index (χ4v) is 5.55. The number of imide groups is 1. The van der Waals surface area contributed by atoms with Crippen molar-refractivity contribution in [1.29, 1.82) is 0 Å². The van der Waals surface area contributed by atoms with Gasteiger partial charge < -0.3 is 15.7 Å². The molecule has 220 valence electrons. The van der Waals surface area contributed by atoms with Crippen molar-refractivity contribution in [3.8, 4) is 0 Å². The summed E-state index contributed by atoms with van der Waals surface area (Å²) in [7, 11) is 0. The number of aromatic carboxylic acids is 1. The smallest absolute Gasteiger partial charge is 0.335 e. The monoisotopic (exact) mass is 609 g/mol. The third kappa shape index (κ3) is 7.08. The van der Waals surface area contributed by atoms with Crippen molar-refractivity contribution in [3.63, 3.8) is 0 Å². The summed E-state index contributed by atoms with van der Waals surface area (Å²) in [6.45, 7) is 0. The van der Waals surface area contributed by atoms with Crippen LogP contribution in [0.3, 0.4) is 0 Å². The summed E-state index contributed by atoms with van der Waals surface area (Å²) in [6.07, 6.45) is 1.30. The lowest BCUT2D eigenvalue weighted by Gasteiger charge is -2.15. The molecule has 4 aromatic rings. The van der Waals surface area contributed by atoms with Gasteiger partial charge in [0, 0.05) is 22.6 Å². The number of benzene rings is 4. The van der Waals surface area contributed by atoms with Crippen LogP contribution in [0.4, 0.5) is 15.8 Å². The largest absolute Gasteiger partial charge is 0.478 e. The number of nitrogens with one attached hydrogen (secondary N) is 2. The molecule has 0 spiro atoms. The molecule has 1 unspecified atom stereocenters. The quantitative estimate of drug-likeness (QED) is 0.172. The van der Waals surface area contributed by atoms with E-state index in [9.17, 15) is 28.4 Å². The van der Waals surface area contributed by atoms with Gasteiger partial charge in [0.2, 0.25) is 11.8 Å². The summed E-state index contributed by atoms with van der Waals surface area (Å²) >= 11 is 1.15. The van der Waals surface area contributed by atoms with E-state index in [1.807, 2.05) is 0 Å². The van der Waals surface area contributed by atoms with E-state index in [-0.39, 0.29) is 23.4 Å². The van der Waals surface area contributed by atoms with Crippen LogP contribution in [0.25, 0.3) is 6.08 Å². The molecule has 3 N–H and O–H groups in total. The lowest BCUT2D eigenvalue weighted by Crippen LogP contribution is -2.31. The summed E-state index contributed by atoms with van der Waals surface area (Å²) in [4.78, 5) is 64.8. The van der Waals surface area contributed by atoms with Gasteiger partial charge in [-0.2, -0.15) is 0 Å². The molecule has 4 aromatic carbocycles. The highest BCUT2D eigenvalue weighted by Gasteiger charge is 2.40. The van der Waals surface area contributed by atoms with E-state index < -0.39 is 40.7 Å². The molecule has 1 aliphatic rings. The van der Waals surface area contributed by atoms with E-state index in [1.54, 1.807) is 60.7 Å². The first-order valence-electron chi connectivity index (χ1n) is 13.3. The third-order valence-corrected chi connectivity index (χ3v) is 7.72. The van der Waals surface area contributed by atoms with Crippen molar-refractivity contribution < 1.29 is 33.5 Å². The number of carboxylic acid groups (broad SMARTS) is 1. The number of amides is 4. The lowest BCUT2D eigenvalue weighted by atomic mass is 10.1. The van der Waals surface area contributed by atoms with Crippen LogP contribution in [0.15, 0.2) is 114 Å². The Bertz CT molecular complexity index is 1790. The maximum Gasteiger partial charge on any atom is 0.335 e. The van der Waals surface area contributed by atoms with Crippen LogP contribution in [-0.4, -0.2) is 40.0 Å². The second-order valence-electron chi connectivity index (χ2n) is 9.65. The van der Waals surface area contributed by atoms with Gasteiger partial charge >= 0.3 is 5.97 Å². The number of halogens is 1. The molecule has 1 heterocycles. The van der Waals surface area contributed by atoms with Crippen LogP contribution >= 0.6 is 11.8 Å². The highest BCUT2D eigenvalue weighted by molar-refractivity contribution is 8.00. The Morgan fingerprint density at radius 2 is 1.59 bits per heavy atom. The molecule has 1 saturated heterocycles. The molecule has 0 saturated carbocycles. The van der Waals surface area contributed by atoms with Crippen molar-refractivity contribution >= 4 is 58.8 Å². The Balaban J connectivity index is 1.31. The second-order valence-corrected chi connectivity index (χ2v) is 10.9. The molecule has 4 amide bonds. The Hall–Kier alpha value is -5.55. The number of rotatable bonds is 9. The van der Waals surface area contributed by atoms with Gasteiger partial charge in [-0.05, 0) is 78.4 Å². The van der Waals surface area contributed by atoms with Crippen LogP contribution in [-0.2, 0) is 14.4 Å². The Labute approximate surface area is 255 Å². The second kappa shape index (κ2) is 13.2. The van der Waals surface area contributed by atoms with E-state index in [0.717, 1.165) is 16.7 Å². The highest BCUT2D eigenvalue weighted by Crippen LogP contribution is 2.35. The number of nitrogens with zero attached hydrogens (tertiary/aromatic N) is 1. The Morgan fingerprint density at radius 1 is 0.864 bits per heavy atom. The summed E-state index contributed by atoms with van der Waals surface area (Å²) in [6, 6.07) is 26.0. The number of hydrogen-bond acceptors (Lipinski definition) is 6. The Kier molecular flexibility index (Phi) is 8.96. The molecule has 44 heavy (non-hydrogen) atoms. The van der Waals surface area contributed by atoms with Gasteiger partial charge in [-0.25, -0.2) is 14.1 Å². The van der Waals surface area contributed by atoms with E-state index in [4.69, 9.17) is 5.11 Å². The number of thioether (sulfide) groups is 1. The average molecular weight is 610 g/mol. The molecule has 1 aliphatic heterocycles. The Morgan fingerprint density at radius 3 is 2.30 bits per heavy atom. The van der Waals surface area contributed by atoms with Gasteiger partial charge in [0.15, 0.2) is 0 Å². The van der Waals surface area contributed by atoms with Gasteiger partial charge in [-0.15, -0.1) is 11.8 Å².